The molecule has 3 N–H and O–H groups in total. The van der Waals surface area contributed by atoms with E-state index in [1.807, 2.05) is 24.3 Å². The number of aliphatic hydroxyl groups excluding tert-OH is 1. The number of carbonyl (C=O) groups excluding carboxylic acids is 1. The van der Waals surface area contributed by atoms with E-state index in [0.29, 0.717) is 13.2 Å². The number of aliphatic hydroxyl groups is 1. The van der Waals surface area contributed by atoms with Crippen LogP contribution in [0.3, 0.4) is 0 Å². The fourth-order valence-corrected chi connectivity index (χ4v) is 2.99. The first-order valence-electron chi connectivity index (χ1n) is 7.87. The second-order valence-corrected chi connectivity index (χ2v) is 5.98. The van der Waals surface area contributed by atoms with Crippen molar-refractivity contribution in [2.45, 2.75) is 44.4 Å². The molecule has 0 bridgehead atoms. The molecule has 0 aliphatic heterocycles. The molecule has 0 aromatic heterocycles. The normalized spacial score (nSPS) is 16.6. The molecule has 0 radical (unpaired) electrons. The topological polar surface area (TPSA) is 70.6 Å². The van der Waals surface area contributed by atoms with Gasteiger partial charge in [0.05, 0.1) is 19.8 Å². The van der Waals surface area contributed by atoms with Crippen LogP contribution in [-0.2, 0) is 22.7 Å². The highest BCUT2D eigenvalue weighted by atomic mass is 16.5. The summed E-state index contributed by atoms with van der Waals surface area (Å²) in [6, 6.07) is 7.92. The van der Waals surface area contributed by atoms with Crippen LogP contribution in [0.2, 0.25) is 0 Å². The molecule has 0 saturated heterocycles. The van der Waals surface area contributed by atoms with Crippen LogP contribution in [0.1, 0.15) is 36.8 Å². The van der Waals surface area contributed by atoms with E-state index in [2.05, 4.69) is 10.6 Å². The van der Waals surface area contributed by atoms with Crippen LogP contribution in [0.15, 0.2) is 24.3 Å². The number of amides is 1. The number of benzene rings is 1. The predicted molar refractivity (Wildman–Crippen MR) is 85.3 cm³/mol. The molecule has 1 aliphatic rings. The molecule has 0 spiro atoms. The number of ether oxygens (including phenoxy) is 1. The number of hydrogen-bond acceptors (Lipinski definition) is 4. The second kappa shape index (κ2) is 8.27. The summed E-state index contributed by atoms with van der Waals surface area (Å²) in [6.45, 7) is 1.37. The summed E-state index contributed by atoms with van der Waals surface area (Å²) in [5.41, 5.74) is 1.89. The van der Waals surface area contributed by atoms with Gasteiger partial charge in [0.1, 0.15) is 0 Å². The lowest BCUT2D eigenvalue weighted by molar-refractivity contribution is -0.120. The van der Waals surface area contributed by atoms with E-state index in [0.717, 1.165) is 36.8 Å². The van der Waals surface area contributed by atoms with Crippen LogP contribution in [0.5, 0.6) is 0 Å². The molecule has 0 heterocycles. The number of rotatable bonds is 8. The first kappa shape index (κ1) is 16.9. The van der Waals surface area contributed by atoms with Crippen molar-refractivity contribution < 1.29 is 14.6 Å². The van der Waals surface area contributed by atoms with E-state index < -0.39 is 0 Å². The van der Waals surface area contributed by atoms with Gasteiger partial charge in [0.15, 0.2) is 0 Å². The number of methoxy groups -OCH3 is 1. The van der Waals surface area contributed by atoms with E-state index in [1.165, 1.54) is 0 Å². The van der Waals surface area contributed by atoms with Gasteiger partial charge in [0.2, 0.25) is 5.91 Å². The minimum Gasteiger partial charge on any atom is -0.394 e. The van der Waals surface area contributed by atoms with Gasteiger partial charge in [-0.25, -0.2) is 0 Å². The average Bonchev–Trinajstić information content (AvgIpc) is 3.02. The lowest BCUT2D eigenvalue weighted by Gasteiger charge is -2.27. The largest absolute Gasteiger partial charge is 0.394 e. The van der Waals surface area contributed by atoms with Crippen molar-refractivity contribution in [3.05, 3.63) is 35.4 Å². The summed E-state index contributed by atoms with van der Waals surface area (Å²) in [5.74, 6) is -0.0491. The summed E-state index contributed by atoms with van der Waals surface area (Å²) < 4.78 is 5.17. The van der Waals surface area contributed by atoms with Gasteiger partial charge in [-0.2, -0.15) is 0 Å². The molecule has 1 aliphatic carbocycles. The van der Waals surface area contributed by atoms with Gasteiger partial charge >= 0.3 is 0 Å². The van der Waals surface area contributed by atoms with E-state index in [4.69, 9.17) is 4.74 Å². The highest BCUT2D eigenvalue weighted by molar-refractivity contribution is 5.78. The zero-order valence-electron chi connectivity index (χ0n) is 13.2. The summed E-state index contributed by atoms with van der Waals surface area (Å²) >= 11 is 0. The summed E-state index contributed by atoms with van der Waals surface area (Å²) in [5, 5.41) is 15.7. The van der Waals surface area contributed by atoms with Gasteiger partial charge in [-0.1, -0.05) is 37.1 Å². The SMILES string of the molecule is COCc1ccccc1CNC(=O)CNC1(CO)CCCC1. The third-order valence-electron chi connectivity index (χ3n) is 4.38. The molecule has 1 saturated carbocycles. The maximum absolute atomic E-state index is 12.0. The fourth-order valence-electron chi connectivity index (χ4n) is 2.99. The molecule has 5 nitrogen and oxygen atoms in total. The van der Waals surface area contributed by atoms with Crippen LogP contribution in [0, 0.1) is 0 Å². The molecule has 2 rings (SSSR count). The van der Waals surface area contributed by atoms with Gasteiger partial charge in [-0.3, -0.25) is 4.79 Å². The predicted octanol–water partition coefficient (Wildman–Crippen LogP) is 1.34. The summed E-state index contributed by atoms with van der Waals surface area (Å²) in [7, 11) is 1.66. The third kappa shape index (κ3) is 4.53. The number of carbonyl (C=O) groups is 1. The maximum atomic E-state index is 12.0. The Morgan fingerprint density at radius 1 is 1.27 bits per heavy atom. The molecule has 0 atom stereocenters. The van der Waals surface area contributed by atoms with Gasteiger partial charge in [-0.15, -0.1) is 0 Å². The molecule has 22 heavy (non-hydrogen) atoms. The molecule has 1 amide bonds. The first-order chi connectivity index (χ1) is 10.7. The van der Waals surface area contributed by atoms with Crippen molar-refractivity contribution >= 4 is 5.91 Å². The fraction of sp³-hybridized carbons (Fsp3) is 0.588. The molecule has 122 valence electrons. The van der Waals surface area contributed by atoms with Gasteiger partial charge in [-0.05, 0) is 24.0 Å². The Labute approximate surface area is 132 Å². The van der Waals surface area contributed by atoms with Gasteiger partial charge in [0.25, 0.3) is 0 Å². The Balaban J connectivity index is 1.80. The van der Waals surface area contributed by atoms with Gasteiger partial charge < -0.3 is 20.5 Å². The monoisotopic (exact) mass is 306 g/mol. The van der Waals surface area contributed by atoms with Crippen LogP contribution in [0.25, 0.3) is 0 Å². The summed E-state index contributed by atoms with van der Waals surface area (Å²) in [6.07, 6.45) is 4.10. The van der Waals surface area contributed by atoms with Crippen molar-refractivity contribution in [3.8, 4) is 0 Å². The second-order valence-electron chi connectivity index (χ2n) is 5.98. The standard InChI is InChI=1S/C17H26N2O3/c1-22-12-15-7-3-2-6-14(15)10-18-16(21)11-19-17(13-20)8-4-5-9-17/h2-3,6-7,19-20H,4-5,8-13H2,1H3,(H,18,21). The smallest absolute Gasteiger partial charge is 0.234 e. The van der Waals surface area contributed by atoms with Crippen molar-refractivity contribution in [2.24, 2.45) is 0 Å². The Kier molecular flexibility index (Phi) is 6.36. The van der Waals surface area contributed by atoms with Crippen LogP contribution in [-0.4, -0.2) is 36.8 Å². The van der Waals surface area contributed by atoms with Gasteiger partial charge in [0, 0.05) is 19.2 Å². The number of nitrogens with one attached hydrogen (secondary N) is 2. The van der Waals surface area contributed by atoms with Crippen molar-refractivity contribution in [2.75, 3.05) is 20.3 Å². The molecule has 5 heteroatoms. The zero-order valence-corrected chi connectivity index (χ0v) is 13.2. The molecule has 1 aromatic rings. The quantitative estimate of drug-likeness (QED) is 0.678. The van der Waals surface area contributed by atoms with E-state index in [9.17, 15) is 9.90 Å². The Morgan fingerprint density at radius 2 is 1.95 bits per heavy atom. The molecule has 1 aromatic carbocycles. The molecule has 1 fully saturated rings. The van der Waals surface area contributed by atoms with Crippen LogP contribution < -0.4 is 10.6 Å². The lowest BCUT2D eigenvalue weighted by Crippen LogP contribution is -2.50. The van der Waals surface area contributed by atoms with E-state index in [-0.39, 0.29) is 24.6 Å². The lowest BCUT2D eigenvalue weighted by atomic mass is 9.99. The Hall–Kier alpha value is -1.43. The average molecular weight is 306 g/mol. The van der Waals surface area contributed by atoms with Crippen LogP contribution in [0.4, 0.5) is 0 Å². The van der Waals surface area contributed by atoms with E-state index >= 15 is 0 Å². The zero-order chi connectivity index (χ0) is 15.8. The highest BCUT2D eigenvalue weighted by Gasteiger charge is 2.32. The minimum atomic E-state index is -0.259. The molecule has 0 unspecified atom stereocenters. The number of hydrogen-bond donors (Lipinski definition) is 3. The molecular weight excluding hydrogens is 280 g/mol. The minimum absolute atomic E-state index is 0.0491. The molecular formula is C17H26N2O3. The van der Waals surface area contributed by atoms with E-state index in [1.54, 1.807) is 7.11 Å². The highest BCUT2D eigenvalue weighted by Crippen LogP contribution is 2.28. The van der Waals surface area contributed by atoms with Crippen LogP contribution >= 0.6 is 0 Å². The summed E-state index contributed by atoms with van der Waals surface area (Å²) in [4.78, 5) is 12.0. The Morgan fingerprint density at radius 3 is 2.59 bits per heavy atom. The first-order valence-corrected chi connectivity index (χ1v) is 7.87. The maximum Gasteiger partial charge on any atom is 0.234 e. The van der Waals surface area contributed by atoms with Crippen molar-refractivity contribution in [3.63, 3.8) is 0 Å². The third-order valence-corrected chi connectivity index (χ3v) is 4.38. The van der Waals surface area contributed by atoms with Crippen molar-refractivity contribution in [1.82, 2.24) is 10.6 Å². The van der Waals surface area contributed by atoms with Crippen molar-refractivity contribution in [1.29, 1.82) is 0 Å². The Bertz CT molecular complexity index is 485.